The van der Waals surface area contributed by atoms with Gasteiger partial charge in [-0.2, -0.15) is 4.98 Å². The third-order valence-electron chi connectivity index (χ3n) is 4.57. The van der Waals surface area contributed by atoms with Crippen LogP contribution in [0.1, 0.15) is 50.6 Å². The van der Waals surface area contributed by atoms with Crippen LogP contribution in [-0.2, 0) is 12.8 Å². The number of nitrogens with two attached hydrogens (primary N) is 1. The highest BCUT2D eigenvalue weighted by Crippen LogP contribution is 2.38. The second-order valence-corrected chi connectivity index (χ2v) is 7.81. The highest BCUT2D eigenvalue weighted by Gasteiger charge is 2.20. The van der Waals surface area contributed by atoms with Gasteiger partial charge in [-0.3, -0.25) is 0 Å². The van der Waals surface area contributed by atoms with Gasteiger partial charge in [-0.25, -0.2) is 9.97 Å². The van der Waals surface area contributed by atoms with Gasteiger partial charge in [0.05, 0.1) is 11.3 Å². The smallest absolute Gasteiger partial charge is 0.223 e. The van der Waals surface area contributed by atoms with Crippen LogP contribution in [0.15, 0.2) is 12.2 Å². The van der Waals surface area contributed by atoms with Gasteiger partial charge < -0.3 is 16.2 Å². The van der Waals surface area contributed by atoms with Gasteiger partial charge in [0.1, 0.15) is 16.0 Å². The van der Waals surface area contributed by atoms with Gasteiger partial charge >= 0.3 is 0 Å². The summed E-state index contributed by atoms with van der Waals surface area (Å²) in [4.78, 5) is 14.5. The summed E-state index contributed by atoms with van der Waals surface area (Å²) in [6.07, 6.45) is 9.01. The third-order valence-corrected chi connectivity index (χ3v) is 6.02. The summed E-state index contributed by atoms with van der Waals surface area (Å²) < 4.78 is 0. The number of hydrogen-bond acceptors (Lipinski definition) is 7. The van der Waals surface area contributed by atoms with Gasteiger partial charge in [0.25, 0.3) is 0 Å². The average molecular weight is 424 g/mol. The first-order chi connectivity index (χ1) is 13.6. The maximum absolute atomic E-state index is 9.35. The molecule has 0 saturated heterocycles. The number of aliphatic hydroxyl groups is 1. The molecule has 28 heavy (non-hydrogen) atoms. The molecule has 0 radical (unpaired) electrons. The van der Waals surface area contributed by atoms with E-state index in [9.17, 15) is 5.11 Å². The molecule has 154 valence electrons. The zero-order chi connectivity index (χ0) is 20.5. The Bertz CT molecular complexity index is 789. The summed E-state index contributed by atoms with van der Waals surface area (Å²) in [5.74, 6) is 1.01. The van der Waals surface area contributed by atoms with Crippen molar-refractivity contribution in [1.82, 2.24) is 15.0 Å². The summed E-state index contributed by atoms with van der Waals surface area (Å²) in [5.41, 5.74) is 7.60. The molecule has 1 unspecified atom stereocenters. The molecule has 0 amide bonds. The van der Waals surface area contributed by atoms with Crippen LogP contribution in [0, 0.1) is 5.92 Å². The molecule has 1 atom stereocenters. The maximum atomic E-state index is 9.35. The predicted molar refractivity (Wildman–Crippen MR) is 119 cm³/mol. The van der Waals surface area contributed by atoms with Gasteiger partial charge in [0.15, 0.2) is 0 Å². The van der Waals surface area contributed by atoms with E-state index in [4.69, 9.17) is 22.3 Å². The van der Waals surface area contributed by atoms with E-state index in [1.165, 1.54) is 4.88 Å². The number of hydrogen-bond donors (Lipinski definition) is 3. The fourth-order valence-corrected chi connectivity index (χ4v) is 4.43. The van der Waals surface area contributed by atoms with E-state index in [0.717, 1.165) is 42.8 Å². The highest BCUT2D eigenvalue weighted by atomic mass is 35.5. The lowest BCUT2D eigenvalue weighted by Crippen LogP contribution is -2.13. The van der Waals surface area contributed by atoms with Crippen molar-refractivity contribution in [1.29, 1.82) is 0 Å². The van der Waals surface area contributed by atoms with E-state index in [2.05, 4.69) is 34.4 Å². The molecule has 3 rings (SSSR count). The fraction of sp³-hybridized carbons (Fsp3) is 0.550. The summed E-state index contributed by atoms with van der Waals surface area (Å²) in [6, 6.07) is 0. The van der Waals surface area contributed by atoms with Crippen molar-refractivity contribution in [2.24, 2.45) is 5.92 Å². The Balaban J connectivity index is 0.00000136. The number of fused-ring (bicyclic) bond motifs is 1. The number of nitrogens with one attached hydrogen (secondary N) is 1. The molecule has 1 aliphatic rings. The lowest BCUT2D eigenvalue weighted by atomic mass is 10.0. The minimum Gasteiger partial charge on any atom is -0.396 e. The number of allylic oxidation sites excluding steroid dienone is 2. The summed E-state index contributed by atoms with van der Waals surface area (Å²) in [6.45, 7) is 6.93. The second-order valence-electron chi connectivity index (χ2n) is 6.37. The van der Waals surface area contributed by atoms with E-state index >= 15 is 0 Å². The fourth-order valence-electron chi connectivity index (χ4n) is 2.96. The topological polar surface area (TPSA) is 97.0 Å². The van der Waals surface area contributed by atoms with Crippen LogP contribution in [0.5, 0.6) is 0 Å². The molecule has 1 aliphatic carbocycles. The molecule has 4 N–H and O–H groups in total. The van der Waals surface area contributed by atoms with E-state index in [1.54, 1.807) is 11.3 Å². The molecule has 0 bridgehead atoms. The van der Waals surface area contributed by atoms with Crippen LogP contribution in [0.2, 0.25) is 5.15 Å². The van der Waals surface area contributed by atoms with Crippen molar-refractivity contribution in [2.45, 2.75) is 52.9 Å². The monoisotopic (exact) mass is 423 g/mol. The molecule has 0 aromatic carbocycles. The number of anilines is 2. The Morgan fingerprint density at radius 3 is 2.79 bits per heavy atom. The molecule has 2 aromatic heterocycles. The lowest BCUT2D eigenvalue weighted by molar-refractivity contribution is 0.217. The Morgan fingerprint density at radius 2 is 2.07 bits per heavy atom. The first kappa shape index (κ1) is 22.6. The third kappa shape index (κ3) is 5.65. The number of nitrogen functional groups attached to an aromatic ring is 1. The lowest BCUT2D eigenvalue weighted by Gasteiger charge is -2.14. The van der Waals surface area contributed by atoms with Crippen molar-refractivity contribution in [3.63, 3.8) is 0 Å². The minimum atomic E-state index is 0.136. The molecule has 2 aromatic rings. The van der Waals surface area contributed by atoms with Crippen LogP contribution in [0.3, 0.4) is 0 Å². The zero-order valence-electron chi connectivity index (χ0n) is 16.8. The molecule has 2 heterocycles. The second kappa shape index (κ2) is 11.3. The first-order valence-electron chi connectivity index (χ1n) is 9.94. The molecular formula is C20H30ClN5OS. The largest absolute Gasteiger partial charge is 0.396 e. The number of thiazole rings is 1. The SMILES string of the molecule is CC.CCC(CO)CCNc1nc(N)nc(Cl)c1-c1nc2c(s1)CCC=CC2. The van der Waals surface area contributed by atoms with E-state index in [1.807, 2.05) is 13.8 Å². The highest BCUT2D eigenvalue weighted by molar-refractivity contribution is 7.15. The maximum Gasteiger partial charge on any atom is 0.223 e. The summed E-state index contributed by atoms with van der Waals surface area (Å²) in [7, 11) is 0. The molecule has 0 aliphatic heterocycles. The Kier molecular flexibility index (Phi) is 9.15. The molecule has 6 nitrogen and oxygen atoms in total. The summed E-state index contributed by atoms with van der Waals surface area (Å²) in [5, 5.41) is 13.8. The molecular weight excluding hydrogens is 394 g/mol. The Hall–Kier alpha value is -1.70. The van der Waals surface area contributed by atoms with Crippen LogP contribution in [0.25, 0.3) is 10.6 Å². The number of aryl methyl sites for hydroxylation is 1. The van der Waals surface area contributed by atoms with Crippen molar-refractivity contribution >= 4 is 34.7 Å². The van der Waals surface area contributed by atoms with Crippen molar-refractivity contribution < 1.29 is 5.11 Å². The number of rotatable bonds is 7. The standard InChI is InChI=1S/C18H24ClN5OS.C2H6/c1-2-11(10-25)8-9-21-16-14(15(19)23-18(20)24-16)17-22-12-6-4-3-5-7-13(12)26-17;1-2/h3-4,11,25H,2,5-10H2,1H3,(H3,20,21,23,24);1-2H3. The van der Waals surface area contributed by atoms with E-state index < -0.39 is 0 Å². The quantitative estimate of drug-likeness (QED) is 0.440. The van der Waals surface area contributed by atoms with Crippen molar-refractivity contribution in [3.05, 3.63) is 27.9 Å². The van der Waals surface area contributed by atoms with Crippen molar-refractivity contribution in [3.8, 4) is 10.6 Å². The molecule has 0 spiro atoms. The van der Waals surface area contributed by atoms with Crippen LogP contribution in [-0.4, -0.2) is 33.2 Å². The summed E-state index contributed by atoms with van der Waals surface area (Å²) >= 11 is 8.05. The first-order valence-corrected chi connectivity index (χ1v) is 11.1. The average Bonchev–Trinajstić information content (AvgIpc) is 2.96. The van der Waals surface area contributed by atoms with E-state index in [0.29, 0.717) is 23.1 Å². The van der Waals surface area contributed by atoms with Gasteiger partial charge in [-0.1, -0.05) is 50.9 Å². The number of aliphatic hydroxyl groups excluding tert-OH is 1. The number of nitrogens with zero attached hydrogens (tertiary/aromatic N) is 3. The number of halogens is 1. The Morgan fingerprint density at radius 1 is 1.29 bits per heavy atom. The van der Waals surface area contributed by atoms with Gasteiger partial charge in [-0.15, -0.1) is 11.3 Å². The van der Waals surface area contributed by atoms with Gasteiger partial charge in [-0.05, 0) is 25.2 Å². The van der Waals surface area contributed by atoms with E-state index in [-0.39, 0.29) is 18.5 Å². The van der Waals surface area contributed by atoms with Crippen LogP contribution < -0.4 is 11.1 Å². The van der Waals surface area contributed by atoms with Crippen LogP contribution >= 0.6 is 22.9 Å². The number of aromatic nitrogens is 3. The molecule has 0 fully saturated rings. The molecule has 8 heteroatoms. The predicted octanol–water partition coefficient (Wildman–Crippen LogP) is 4.73. The minimum absolute atomic E-state index is 0.136. The van der Waals surface area contributed by atoms with Gasteiger partial charge in [0.2, 0.25) is 5.95 Å². The zero-order valence-corrected chi connectivity index (χ0v) is 18.4. The molecule has 0 saturated carbocycles. The normalized spacial score (nSPS) is 13.9. The van der Waals surface area contributed by atoms with Crippen molar-refractivity contribution in [2.75, 3.05) is 24.2 Å². The van der Waals surface area contributed by atoms with Gasteiger partial charge in [0, 0.05) is 24.4 Å². The van der Waals surface area contributed by atoms with Crippen LogP contribution in [0.4, 0.5) is 11.8 Å². The Labute approximate surface area is 176 Å².